The normalized spacial score (nSPS) is 17.3. The summed E-state index contributed by atoms with van der Waals surface area (Å²) in [6, 6.07) is 3.62. The summed E-state index contributed by atoms with van der Waals surface area (Å²) in [6.45, 7) is 4.85. The number of anilines is 2. The summed E-state index contributed by atoms with van der Waals surface area (Å²) in [5.74, 6) is -0.431. The average Bonchev–Trinajstić information content (AvgIpc) is 2.66. The first kappa shape index (κ1) is 15.1. The lowest BCUT2D eigenvalue weighted by atomic mass is 10.1. The van der Waals surface area contributed by atoms with Crippen molar-refractivity contribution in [1.29, 1.82) is 0 Å². The number of hydrogen-bond donors (Lipinski definition) is 3. The molecule has 0 bridgehead atoms. The lowest BCUT2D eigenvalue weighted by molar-refractivity contribution is -0.123. The summed E-state index contributed by atoms with van der Waals surface area (Å²) >= 11 is 6.28. The van der Waals surface area contributed by atoms with Gasteiger partial charge in [-0.3, -0.25) is 4.79 Å². The first-order valence-corrected chi connectivity index (χ1v) is 7.03. The van der Waals surface area contributed by atoms with E-state index in [9.17, 15) is 9.90 Å². The molecule has 1 amide bonds. The van der Waals surface area contributed by atoms with E-state index >= 15 is 0 Å². The Bertz CT molecular complexity index is 519. The van der Waals surface area contributed by atoms with Gasteiger partial charge < -0.3 is 20.4 Å². The third-order valence-electron chi connectivity index (χ3n) is 3.41. The van der Waals surface area contributed by atoms with Gasteiger partial charge in [0.1, 0.15) is 0 Å². The number of nitrogens with zero attached hydrogens (tertiary/aromatic N) is 1. The number of aliphatic hydroxyl groups is 2. The second-order valence-corrected chi connectivity index (χ2v) is 5.55. The Hall–Kier alpha value is -1.30. The van der Waals surface area contributed by atoms with Gasteiger partial charge in [-0.2, -0.15) is 0 Å². The molecular weight excluding hydrogens is 280 g/mol. The van der Waals surface area contributed by atoms with Crippen molar-refractivity contribution >= 4 is 28.9 Å². The Morgan fingerprint density at radius 2 is 2.15 bits per heavy atom. The van der Waals surface area contributed by atoms with Gasteiger partial charge in [-0.05, 0) is 32.4 Å². The highest BCUT2D eigenvalue weighted by Crippen LogP contribution is 2.39. The number of fused-ring (bicyclic) bond motifs is 1. The van der Waals surface area contributed by atoms with Crippen LogP contribution in [0, 0.1) is 0 Å². The summed E-state index contributed by atoms with van der Waals surface area (Å²) in [7, 11) is 0. The zero-order valence-corrected chi connectivity index (χ0v) is 12.3. The molecule has 0 saturated carbocycles. The predicted molar refractivity (Wildman–Crippen MR) is 79.2 cm³/mol. The minimum atomic E-state index is -1.15. The number of halogens is 1. The third kappa shape index (κ3) is 2.75. The molecule has 1 atom stereocenters. The molecule has 0 radical (unpaired) electrons. The van der Waals surface area contributed by atoms with Crippen LogP contribution in [0.1, 0.15) is 31.9 Å². The number of carbonyl (C=O) groups is 1. The van der Waals surface area contributed by atoms with Crippen LogP contribution in [0.2, 0.25) is 5.02 Å². The molecular formula is C14H19ClN2O3. The molecule has 1 aromatic carbocycles. The smallest absolute Gasteiger partial charge is 0.257 e. The number of amides is 1. The first-order chi connectivity index (χ1) is 9.45. The SMILES string of the molecule is CC(C)N(CCCO)c1cc2c(cc1Cl)C(O)C(=O)N2. The maximum Gasteiger partial charge on any atom is 0.257 e. The van der Waals surface area contributed by atoms with E-state index in [1.54, 1.807) is 12.1 Å². The maximum atomic E-state index is 11.5. The first-order valence-electron chi connectivity index (χ1n) is 6.65. The maximum absolute atomic E-state index is 11.5. The number of benzene rings is 1. The van der Waals surface area contributed by atoms with Gasteiger partial charge in [0, 0.05) is 30.4 Å². The molecule has 0 aromatic heterocycles. The number of aliphatic hydroxyl groups excluding tert-OH is 2. The van der Waals surface area contributed by atoms with Crippen LogP contribution in [0.3, 0.4) is 0 Å². The molecule has 0 saturated heterocycles. The van der Waals surface area contributed by atoms with Crippen LogP contribution in [0.15, 0.2) is 12.1 Å². The van der Waals surface area contributed by atoms with Crippen molar-refractivity contribution in [3.05, 3.63) is 22.7 Å². The molecule has 1 heterocycles. The Balaban J connectivity index is 2.37. The van der Waals surface area contributed by atoms with E-state index < -0.39 is 12.0 Å². The van der Waals surface area contributed by atoms with Crippen molar-refractivity contribution in [2.75, 3.05) is 23.4 Å². The molecule has 6 heteroatoms. The van der Waals surface area contributed by atoms with Crippen LogP contribution >= 0.6 is 11.6 Å². The molecule has 0 aliphatic carbocycles. The molecule has 1 unspecified atom stereocenters. The van der Waals surface area contributed by atoms with Gasteiger partial charge in [0.25, 0.3) is 5.91 Å². The number of nitrogens with one attached hydrogen (secondary N) is 1. The molecule has 110 valence electrons. The number of hydrogen-bond acceptors (Lipinski definition) is 4. The zero-order chi connectivity index (χ0) is 14.9. The number of rotatable bonds is 5. The van der Waals surface area contributed by atoms with Gasteiger partial charge in [-0.25, -0.2) is 0 Å². The Labute approximate surface area is 123 Å². The van der Waals surface area contributed by atoms with E-state index in [2.05, 4.69) is 10.2 Å². The van der Waals surface area contributed by atoms with Crippen LogP contribution in [0.4, 0.5) is 11.4 Å². The Morgan fingerprint density at radius 1 is 1.45 bits per heavy atom. The van der Waals surface area contributed by atoms with Crippen LogP contribution in [-0.4, -0.2) is 35.3 Å². The van der Waals surface area contributed by atoms with Gasteiger partial charge in [0.15, 0.2) is 6.10 Å². The highest BCUT2D eigenvalue weighted by Gasteiger charge is 2.30. The van der Waals surface area contributed by atoms with Crippen molar-refractivity contribution in [2.24, 2.45) is 0 Å². The molecule has 0 fully saturated rings. The van der Waals surface area contributed by atoms with Crippen LogP contribution in [0.5, 0.6) is 0 Å². The molecule has 1 aliphatic rings. The fraction of sp³-hybridized carbons (Fsp3) is 0.500. The Morgan fingerprint density at radius 3 is 2.75 bits per heavy atom. The van der Waals surface area contributed by atoms with Crippen molar-refractivity contribution in [1.82, 2.24) is 0 Å². The van der Waals surface area contributed by atoms with Gasteiger partial charge in [0.05, 0.1) is 10.7 Å². The van der Waals surface area contributed by atoms with E-state index in [-0.39, 0.29) is 12.6 Å². The van der Waals surface area contributed by atoms with Gasteiger partial charge in [0.2, 0.25) is 0 Å². The van der Waals surface area contributed by atoms with Gasteiger partial charge in [-0.1, -0.05) is 11.6 Å². The molecule has 20 heavy (non-hydrogen) atoms. The molecule has 1 aromatic rings. The quantitative estimate of drug-likeness (QED) is 0.776. The van der Waals surface area contributed by atoms with E-state index in [4.69, 9.17) is 16.7 Å². The summed E-state index contributed by atoms with van der Waals surface area (Å²) in [6.07, 6.45) is -0.512. The molecule has 1 aliphatic heterocycles. The fourth-order valence-corrected chi connectivity index (χ4v) is 2.65. The third-order valence-corrected chi connectivity index (χ3v) is 3.71. The molecule has 2 rings (SSSR count). The van der Waals surface area contributed by atoms with Crippen LogP contribution < -0.4 is 10.2 Å². The topological polar surface area (TPSA) is 72.8 Å². The van der Waals surface area contributed by atoms with Gasteiger partial charge >= 0.3 is 0 Å². The Kier molecular flexibility index (Phi) is 4.52. The van der Waals surface area contributed by atoms with E-state index in [1.807, 2.05) is 13.8 Å². The summed E-state index contributed by atoms with van der Waals surface area (Å²) < 4.78 is 0. The average molecular weight is 299 g/mol. The lowest BCUT2D eigenvalue weighted by Gasteiger charge is -2.30. The number of carbonyl (C=O) groups excluding carboxylic acids is 1. The molecule has 0 spiro atoms. The minimum absolute atomic E-state index is 0.112. The van der Waals surface area contributed by atoms with Crippen molar-refractivity contribution in [3.63, 3.8) is 0 Å². The predicted octanol–water partition coefficient (Wildman–Crippen LogP) is 1.92. The second-order valence-electron chi connectivity index (χ2n) is 5.15. The summed E-state index contributed by atoms with van der Waals surface area (Å²) in [5.41, 5.74) is 1.90. The fourth-order valence-electron chi connectivity index (χ4n) is 2.37. The van der Waals surface area contributed by atoms with Crippen molar-refractivity contribution < 1.29 is 15.0 Å². The molecule has 3 N–H and O–H groups in total. The monoisotopic (exact) mass is 298 g/mol. The lowest BCUT2D eigenvalue weighted by Crippen LogP contribution is -2.32. The second kappa shape index (κ2) is 5.99. The highest BCUT2D eigenvalue weighted by atomic mass is 35.5. The van der Waals surface area contributed by atoms with E-state index in [1.165, 1.54) is 0 Å². The van der Waals surface area contributed by atoms with Crippen molar-refractivity contribution in [2.45, 2.75) is 32.4 Å². The zero-order valence-electron chi connectivity index (χ0n) is 11.6. The minimum Gasteiger partial charge on any atom is -0.396 e. The summed E-state index contributed by atoms with van der Waals surface area (Å²) in [4.78, 5) is 13.5. The van der Waals surface area contributed by atoms with Crippen LogP contribution in [-0.2, 0) is 4.79 Å². The van der Waals surface area contributed by atoms with Crippen molar-refractivity contribution in [3.8, 4) is 0 Å². The van der Waals surface area contributed by atoms with Crippen LogP contribution in [0.25, 0.3) is 0 Å². The summed E-state index contributed by atoms with van der Waals surface area (Å²) in [5, 5.41) is 21.9. The van der Waals surface area contributed by atoms with Gasteiger partial charge in [-0.15, -0.1) is 0 Å². The largest absolute Gasteiger partial charge is 0.396 e. The standard InChI is InChI=1S/C14H19ClN2O3/c1-8(2)17(4-3-5-18)12-7-11-9(6-10(12)15)13(19)14(20)16-11/h6-8,13,18-19H,3-5H2,1-2H3,(H,16,20). The van der Waals surface area contributed by atoms with E-state index in [0.29, 0.717) is 29.2 Å². The molecule has 5 nitrogen and oxygen atoms in total. The van der Waals surface area contributed by atoms with E-state index in [0.717, 1.165) is 5.69 Å². The highest BCUT2D eigenvalue weighted by molar-refractivity contribution is 6.33.